The van der Waals surface area contributed by atoms with Crippen LogP contribution in [0.1, 0.15) is 33.1 Å². The topological polar surface area (TPSA) is 63.7 Å². The predicted octanol–water partition coefficient (Wildman–Crippen LogP) is 1.25. The van der Waals surface area contributed by atoms with Crippen LogP contribution in [-0.4, -0.2) is 44.6 Å². The molecule has 1 saturated carbocycles. The monoisotopic (exact) mass is 277 g/mol. The fourth-order valence-electron chi connectivity index (χ4n) is 2.55. The Morgan fingerprint density at radius 3 is 2.50 bits per heavy atom. The van der Waals surface area contributed by atoms with Gasteiger partial charge in [0.05, 0.1) is 18.3 Å². The minimum Gasteiger partial charge on any atom is -0.469 e. The molecule has 2 unspecified atom stereocenters. The van der Waals surface area contributed by atoms with Crippen molar-refractivity contribution in [3.63, 3.8) is 0 Å². The molecule has 0 N–H and O–H groups in total. The van der Waals surface area contributed by atoms with Gasteiger partial charge in [-0.05, 0) is 18.8 Å². The van der Waals surface area contributed by atoms with E-state index in [0.717, 1.165) is 6.42 Å². The number of hydrogen-bond acceptors (Lipinski definition) is 4. The van der Waals surface area contributed by atoms with Crippen LogP contribution in [0.4, 0.5) is 0 Å². The van der Waals surface area contributed by atoms with E-state index in [1.54, 1.807) is 7.05 Å². The smallest absolute Gasteiger partial charge is 0.310 e. The molecule has 1 rings (SSSR count). The van der Waals surface area contributed by atoms with E-state index in [1.807, 2.05) is 13.8 Å². The van der Waals surface area contributed by atoms with Gasteiger partial charge in [-0.25, -0.2) is 12.7 Å². The standard InChI is InChI=1S/C12H23NO4S/c1-9(2)8-13(3)18(15,16)11-7-5-6-10(11)12(14)17-4/h9-11H,5-8H2,1-4H3. The zero-order chi connectivity index (χ0) is 13.9. The highest BCUT2D eigenvalue weighted by molar-refractivity contribution is 7.89. The Morgan fingerprint density at radius 2 is 2.00 bits per heavy atom. The molecule has 0 heterocycles. The van der Waals surface area contributed by atoms with Crippen LogP contribution in [0, 0.1) is 11.8 Å². The molecular weight excluding hydrogens is 254 g/mol. The van der Waals surface area contributed by atoms with Crippen LogP contribution >= 0.6 is 0 Å². The summed E-state index contributed by atoms with van der Waals surface area (Å²) in [6, 6.07) is 0. The quantitative estimate of drug-likeness (QED) is 0.709. The molecule has 5 nitrogen and oxygen atoms in total. The van der Waals surface area contributed by atoms with E-state index < -0.39 is 27.2 Å². The minimum absolute atomic E-state index is 0.266. The summed E-state index contributed by atoms with van der Waals surface area (Å²) in [7, 11) is -0.513. The Morgan fingerprint density at radius 1 is 1.39 bits per heavy atom. The van der Waals surface area contributed by atoms with E-state index in [2.05, 4.69) is 0 Å². The average Bonchev–Trinajstić information content (AvgIpc) is 2.76. The van der Waals surface area contributed by atoms with Gasteiger partial charge in [0, 0.05) is 13.6 Å². The van der Waals surface area contributed by atoms with Crippen LogP contribution in [0.2, 0.25) is 0 Å². The Bertz CT molecular complexity index is 391. The first kappa shape index (κ1) is 15.4. The summed E-state index contributed by atoms with van der Waals surface area (Å²) in [6.45, 7) is 4.42. The summed E-state index contributed by atoms with van der Waals surface area (Å²) in [6.07, 6.45) is 1.91. The Balaban J connectivity index is 2.87. The summed E-state index contributed by atoms with van der Waals surface area (Å²) in [5.41, 5.74) is 0. The van der Waals surface area contributed by atoms with Gasteiger partial charge in [-0.15, -0.1) is 0 Å². The number of rotatable bonds is 5. The van der Waals surface area contributed by atoms with Gasteiger partial charge in [0.1, 0.15) is 0 Å². The van der Waals surface area contributed by atoms with Gasteiger partial charge in [0.25, 0.3) is 0 Å². The molecule has 0 radical (unpaired) electrons. The van der Waals surface area contributed by atoms with Gasteiger partial charge in [-0.3, -0.25) is 4.79 Å². The molecule has 0 bridgehead atoms. The highest BCUT2D eigenvalue weighted by atomic mass is 32.2. The van der Waals surface area contributed by atoms with Crippen LogP contribution in [0.15, 0.2) is 0 Å². The lowest BCUT2D eigenvalue weighted by molar-refractivity contribution is -0.145. The van der Waals surface area contributed by atoms with Gasteiger partial charge in [0.15, 0.2) is 0 Å². The fraction of sp³-hybridized carbons (Fsp3) is 0.917. The second-order valence-corrected chi connectivity index (χ2v) is 7.58. The van der Waals surface area contributed by atoms with Gasteiger partial charge >= 0.3 is 5.97 Å². The van der Waals surface area contributed by atoms with E-state index in [0.29, 0.717) is 19.4 Å². The Kier molecular flexibility index (Phi) is 5.16. The lowest BCUT2D eigenvalue weighted by Gasteiger charge is -2.25. The van der Waals surface area contributed by atoms with Crippen molar-refractivity contribution in [2.75, 3.05) is 20.7 Å². The molecule has 0 aliphatic heterocycles. The minimum atomic E-state index is -3.41. The molecule has 106 valence electrons. The summed E-state index contributed by atoms with van der Waals surface area (Å²) in [4.78, 5) is 11.6. The van der Waals surface area contributed by atoms with E-state index in [9.17, 15) is 13.2 Å². The normalized spacial score (nSPS) is 24.8. The van der Waals surface area contributed by atoms with Crippen molar-refractivity contribution in [1.82, 2.24) is 4.31 Å². The highest BCUT2D eigenvalue weighted by Gasteiger charge is 2.43. The maximum Gasteiger partial charge on any atom is 0.310 e. The van der Waals surface area contributed by atoms with Crippen LogP contribution in [0.5, 0.6) is 0 Å². The first-order valence-corrected chi connectivity index (χ1v) is 7.84. The molecular formula is C12H23NO4S. The van der Waals surface area contributed by atoms with Crippen molar-refractivity contribution in [3.8, 4) is 0 Å². The summed E-state index contributed by atoms with van der Waals surface area (Å²) < 4.78 is 30.9. The first-order chi connectivity index (χ1) is 8.30. The molecule has 0 spiro atoms. The predicted molar refractivity (Wildman–Crippen MR) is 69.5 cm³/mol. The fourth-order valence-corrected chi connectivity index (χ4v) is 4.65. The van der Waals surface area contributed by atoms with E-state index in [-0.39, 0.29) is 5.92 Å². The molecule has 1 fully saturated rings. The molecule has 0 amide bonds. The number of nitrogens with zero attached hydrogens (tertiary/aromatic N) is 1. The molecule has 18 heavy (non-hydrogen) atoms. The van der Waals surface area contributed by atoms with Crippen molar-refractivity contribution >= 4 is 16.0 Å². The Hall–Kier alpha value is -0.620. The number of carbonyl (C=O) groups is 1. The van der Waals surface area contributed by atoms with Crippen molar-refractivity contribution in [2.24, 2.45) is 11.8 Å². The molecule has 6 heteroatoms. The maximum atomic E-state index is 12.4. The molecule has 2 atom stereocenters. The zero-order valence-corrected chi connectivity index (χ0v) is 12.4. The summed E-state index contributed by atoms with van der Waals surface area (Å²) >= 11 is 0. The number of esters is 1. The summed E-state index contributed by atoms with van der Waals surface area (Å²) in [5.74, 6) is -0.642. The lowest BCUT2D eigenvalue weighted by Crippen LogP contribution is -2.41. The second-order valence-electron chi connectivity index (χ2n) is 5.32. The van der Waals surface area contributed by atoms with Crippen molar-refractivity contribution < 1.29 is 17.9 Å². The van der Waals surface area contributed by atoms with Crippen molar-refractivity contribution in [1.29, 1.82) is 0 Å². The van der Waals surface area contributed by atoms with Gasteiger partial charge < -0.3 is 4.74 Å². The molecule has 0 aromatic rings. The van der Waals surface area contributed by atoms with Crippen molar-refractivity contribution in [2.45, 2.75) is 38.4 Å². The molecule has 0 saturated heterocycles. The number of carbonyl (C=O) groups excluding carboxylic acids is 1. The van der Waals surface area contributed by atoms with Gasteiger partial charge in [-0.2, -0.15) is 0 Å². The van der Waals surface area contributed by atoms with E-state index in [4.69, 9.17) is 4.74 Å². The average molecular weight is 277 g/mol. The SMILES string of the molecule is COC(=O)C1CCCC1S(=O)(=O)N(C)CC(C)C. The number of ether oxygens (including phenoxy) is 1. The van der Waals surface area contributed by atoms with Crippen LogP contribution < -0.4 is 0 Å². The first-order valence-electron chi connectivity index (χ1n) is 6.33. The van der Waals surface area contributed by atoms with Crippen LogP contribution in [-0.2, 0) is 19.6 Å². The maximum absolute atomic E-state index is 12.4. The molecule has 0 aromatic heterocycles. The number of hydrogen-bond donors (Lipinski definition) is 0. The molecule has 0 aromatic carbocycles. The molecule has 1 aliphatic rings. The van der Waals surface area contributed by atoms with Gasteiger partial charge in [0.2, 0.25) is 10.0 Å². The largest absolute Gasteiger partial charge is 0.469 e. The highest BCUT2D eigenvalue weighted by Crippen LogP contribution is 2.33. The third-order valence-corrected chi connectivity index (χ3v) is 5.74. The number of methoxy groups -OCH3 is 1. The Labute approximate surface area is 110 Å². The lowest BCUT2D eigenvalue weighted by atomic mass is 10.1. The van der Waals surface area contributed by atoms with E-state index in [1.165, 1.54) is 11.4 Å². The van der Waals surface area contributed by atoms with Crippen LogP contribution in [0.25, 0.3) is 0 Å². The summed E-state index contributed by atoms with van der Waals surface area (Å²) in [5, 5.41) is -0.617. The third-order valence-electron chi connectivity index (χ3n) is 3.40. The second kappa shape index (κ2) is 6.02. The number of sulfonamides is 1. The van der Waals surface area contributed by atoms with Crippen molar-refractivity contribution in [3.05, 3.63) is 0 Å². The zero-order valence-electron chi connectivity index (χ0n) is 11.5. The molecule has 1 aliphatic carbocycles. The van der Waals surface area contributed by atoms with Crippen LogP contribution in [0.3, 0.4) is 0 Å². The van der Waals surface area contributed by atoms with E-state index >= 15 is 0 Å². The third kappa shape index (κ3) is 3.23. The van der Waals surface area contributed by atoms with Gasteiger partial charge in [-0.1, -0.05) is 20.3 Å².